The van der Waals surface area contributed by atoms with Crippen LogP contribution in [0.25, 0.3) is 0 Å². The van der Waals surface area contributed by atoms with Gasteiger partial charge in [-0.2, -0.15) is 0 Å². The van der Waals surface area contributed by atoms with Gasteiger partial charge in [0, 0.05) is 42.0 Å². The molecule has 4 heteroatoms. The number of pyridine rings is 1. The maximum atomic E-state index is 4.48. The molecule has 0 aromatic carbocycles. The van der Waals surface area contributed by atoms with Crippen molar-refractivity contribution in [3.63, 3.8) is 0 Å². The average molecular weight is 275 g/mol. The lowest BCUT2D eigenvalue weighted by Gasteiger charge is -2.23. The van der Waals surface area contributed by atoms with Crippen LogP contribution in [-0.2, 0) is 6.54 Å². The Kier molecular flexibility index (Phi) is 4.66. The van der Waals surface area contributed by atoms with Gasteiger partial charge in [0.15, 0.2) is 0 Å². The maximum absolute atomic E-state index is 4.48. The quantitative estimate of drug-likeness (QED) is 0.830. The Morgan fingerprint density at radius 3 is 2.63 bits per heavy atom. The first-order chi connectivity index (χ1) is 9.08. The van der Waals surface area contributed by atoms with Gasteiger partial charge in [0.1, 0.15) is 0 Å². The molecule has 2 aromatic heterocycles. The van der Waals surface area contributed by atoms with E-state index in [1.54, 1.807) is 0 Å². The van der Waals surface area contributed by atoms with Gasteiger partial charge in [-0.05, 0) is 25.6 Å². The van der Waals surface area contributed by atoms with Gasteiger partial charge < -0.3 is 0 Å². The molecule has 0 fully saturated rings. The molecule has 0 saturated heterocycles. The summed E-state index contributed by atoms with van der Waals surface area (Å²) >= 11 is 1.81. The Bertz CT molecular complexity index is 507. The monoisotopic (exact) mass is 275 g/mol. The van der Waals surface area contributed by atoms with E-state index in [-0.39, 0.29) is 0 Å². The average Bonchev–Trinajstić information content (AvgIpc) is 2.87. The molecule has 0 N–H and O–H groups in total. The first-order valence-electron chi connectivity index (χ1n) is 6.62. The minimum atomic E-state index is 0.360. The molecule has 0 spiro atoms. The number of nitrogens with zero attached hydrogens (tertiary/aromatic N) is 3. The third-order valence-electron chi connectivity index (χ3n) is 3.30. The fraction of sp³-hybridized carbons (Fsp3) is 0.467. The van der Waals surface area contributed by atoms with Crippen molar-refractivity contribution in [2.45, 2.75) is 39.3 Å². The number of rotatable bonds is 5. The van der Waals surface area contributed by atoms with Crippen molar-refractivity contribution in [1.29, 1.82) is 0 Å². The Balaban J connectivity index is 2.02. The van der Waals surface area contributed by atoms with Crippen LogP contribution in [0.15, 0.2) is 30.7 Å². The van der Waals surface area contributed by atoms with Gasteiger partial charge in [-0.1, -0.05) is 19.9 Å². The molecule has 0 radical (unpaired) electrons. The van der Waals surface area contributed by atoms with Crippen LogP contribution in [0.2, 0.25) is 0 Å². The van der Waals surface area contributed by atoms with Crippen LogP contribution in [0.4, 0.5) is 0 Å². The van der Waals surface area contributed by atoms with Crippen LogP contribution in [0.5, 0.6) is 0 Å². The largest absolute Gasteiger partial charge is 0.294 e. The van der Waals surface area contributed by atoms with Gasteiger partial charge in [-0.25, -0.2) is 4.98 Å². The van der Waals surface area contributed by atoms with Crippen LogP contribution in [0.3, 0.4) is 0 Å². The van der Waals surface area contributed by atoms with E-state index in [0.29, 0.717) is 12.0 Å². The zero-order valence-corrected chi connectivity index (χ0v) is 12.8. The van der Waals surface area contributed by atoms with Gasteiger partial charge in [-0.15, -0.1) is 11.3 Å². The molecule has 1 unspecified atom stereocenters. The third-order valence-corrected chi connectivity index (χ3v) is 4.58. The highest BCUT2D eigenvalue weighted by Crippen LogP contribution is 2.25. The van der Waals surface area contributed by atoms with Crippen molar-refractivity contribution in [2.75, 3.05) is 7.05 Å². The van der Waals surface area contributed by atoms with E-state index in [1.807, 2.05) is 36.0 Å². The second-order valence-electron chi connectivity index (χ2n) is 5.20. The minimum Gasteiger partial charge on any atom is -0.294 e. The number of hydrogen-bond acceptors (Lipinski definition) is 4. The highest BCUT2D eigenvalue weighted by molar-refractivity contribution is 7.11. The molecule has 2 heterocycles. The van der Waals surface area contributed by atoms with Gasteiger partial charge in [0.25, 0.3) is 0 Å². The van der Waals surface area contributed by atoms with Crippen molar-refractivity contribution >= 4 is 11.3 Å². The molecule has 2 aromatic rings. The second kappa shape index (κ2) is 6.26. The Hall–Kier alpha value is -1.26. The van der Waals surface area contributed by atoms with E-state index in [1.165, 1.54) is 15.4 Å². The number of hydrogen-bond donors (Lipinski definition) is 0. The topological polar surface area (TPSA) is 29.0 Å². The third kappa shape index (κ3) is 3.61. The van der Waals surface area contributed by atoms with Gasteiger partial charge in [-0.3, -0.25) is 9.88 Å². The normalized spacial score (nSPS) is 13.2. The van der Waals surface area contributed by atoms with E-state index < -0.39 is 0 Å². The zero-order chi connectivity index (χ0) is 13.8. The lowest BCUT2D eigenvalue weighted by Crippen LogP contribution is -2.21. The molecule has 0 saturated carbocycles. The summed E-state index contributed by atoms with van der Waals surface area (Å²) in [5, 5.41) is 1.22. The fourth-order valence-corrected chi connectivity index (χ4v) is 2.91. The van der Waals surface area contributed by atoms with Crippen LogP contribution in [0, 0.1) is 0 Å². The summed E-state index contributed by atoms with van der Waals surface area (Å²) in [6.07, 6.45) is 5.76. The van der Waals surface area contributed by atoms with E-state index in [4.69, 9.17) is 0 Å². The molecule has 0 aliphatic carbocycles. The molecule has 0 bridgehead atoms. The molecular formula is C15H21N3S. The summed E-state index contributed by atoms with van der Waals surface area (Å²) < 4.78 is 0. The van der Waals surface area contributed by atoms with Crippen LogP contribution in [0.1, 0.15) is 48.2 Å². The SMILES string of the molecule is CC(C)c1ncc(CN(C)C(C)c2cccnc2)s1. The molecular weight excluding hydrogens is 254 g/mol. The van der Waals surface area contributed by atoms with Crippen LogP contribution >= 0.6 is 11.3 Å². The summed E-state index contributed by atoms with van der Waals surface area (Å²) in [5.41, 5.74) is 1.25. The van der Waals surface area contributed by atoms with Gasteiger partial charge in [0.2, 0.25) is 0 Å². The second-order valence-corrected chi connectivity index (χ2v) is 6.34. The minimum absolute atomic E-state index is 0.360. The first kappa shape index (κ1) is 14.2. The van der Waals surface area contributed by atoms with Crippen molar-refractivity contribution in [1.82, 2.24) is 14.9 Å². The molecule has 102 valence electrons. The number of thiazole rings is 1. The predicted octanol–water partition coefficient (Wildman–Crippen LogP) is 3.85. The summed E-state index contributed by atoms with van der Waals surface area (Å²) in [5.74, 6) is 0.514. The highest BCUT2D eigenvalue weighted by atomic mass is 32.1. The smallest absolute Gasteiger partial charge is 0.0953 e. The van der Waals surface area contributed by atoms with Crippen molar-refractivity contribution in [3.8, 4) is 0 Å². The lowest BCUT2D eigenvalue weighted by molar-refractivity contribution is 0.255. The summed E-state index contributed by atoms with van der Waals surface area (Å²) in [7, 11) is 2.15. The summed E-state index contributed by atoms with van der Waals surface area (Å²) in [6, 6.07) is 4.47. The molecule has 0 amide bonds. The van der Waals surface area contributed by atoms with E-state index >= 15 is 0 Å². The molecule has 3 nitrogen and oxygen atoms in total. The van der Waals surface area contributed by atoms with Gasteiger partial charge >= 0.3 is 0 Å². The predicted molar refractivity (Wildman–Crippen MR) is 80.3 cm³/mol. The Morgan fingerprint density at radius 2 is 2.05 bits per heavy atom. The molecule has 1 atom stereocenters. The Morgan fingerprint density at radius 1 is 1.26 bits per heavy atom. The summed E-state index contributed by atoms with van der Waals surface area (Å²) in [4.78, 5) is 12.3. The summed E-state index contributed by atoms with van der Waals surface area (Å²) in [6.45, 7) is 7.51. The number of aromatic nitrogens is 2. The first-order valence-corrected chi connectivity index (χ1v) is 7.44. The van der Waals surface area contributed by atoms with E-state index in [2.05, 4.69) is 48.8 Å². The van der Waals surface area contributed by atoms with E-state index in [0.717, 1.165) is 6.54 Å². The Labute approximate surface area is 119 Å². The molecule has 19 heavy (non-hydrogen) atoms. The van der Waals surface area contributed by atoms with Crippen molar-refractivity contribution in [2.24, 2.45) is 0 Å². The van der Waals surface area contributed by atoms with Crippen LogP contribution < -0.4 is 0 Å². The lowest BCUT2D eigenvalue weighted by atomic mass is 10.1. The fourth-order valence-electron chi connectivity index (χ4n) is 1.92. The van der Waals surface area contributed by atoms with Crippen molar-refractivity contribution in [3.05, 3.63) is 46.2 Å². The van der Waals surface area contributed by atoms with Gasteiger partial charge in [0.05, 0.1) is 5.01 Å². The molecule has 0 aliphatic heterocycles. The van der Waals surface area contributed by atoms with Crippen molar-refractivity contribution < 1.29 is 0 Å². The highest BCUT2D eigenvalue weighted by Gasteiger charge is 2.14. The zero-order valence-electron chi connectivity index (χ0n) is 12.0. The molecule has 2 rings (SSSR count). The standard InChI is InChI=1S/C15H21N3S/c1-11(2)15-17-9-14(19-15)10-18(4)12(3)13-6-5-7-16-8-13/h5-9,11-12H,10H2,1-4H3. The molecule has 0 aliphatic rings. The maximum Gasteiger partial charge on any atom is 0.0953 e. The van der Waals surface area contributed by atoms with E-state index in [9.17, 15) is 0 Å². The van der Waals surface area contributed by atoms with Crippen LogP contribution in [-0.4, -0.2) is 21.9 Å².